The van der Waals surface area contributed by atoms with Gasteiger partial charge in [-0.1, -0.05) is 6.07 Å². The van der Waals surface area contributed by atoms with Gasteiger partial charge >= 0.3 is 0 Å². The number of piperidine rings is 1. The lowest BCUT2D eigenvalue weighted by Crippen LogP contribution is -2.44. The van der Waals surface area contributed by atoms with Gasteiger partial charge in [0, 0.05) is 50.3 Å². The molecule has 3 aliphatic rings. The Labute approximate surface area is 234 Å². The Hall–Kier alpha value is -3.37. The van der Waals surface area contributed by atoms with Crippen LogP contribution in [0.15, 0.2) is 36.4 Å². The van der Waals surface area contributed by atoms with Crippen molar-refractivity contribution in [2.24, 2.45) is 5.92 Å². The minimum atomic E-state index is -0.512. The van der Waals surface area contributed by atoms with E-state index in [2.05, 4.69) is 16.0 Å². The number of ether oxygens (including phenoxy) is 2. The van der Waals surface area contributed by atoms with Crippen LogP contribution in [-0.4, -0.2) is 62.5 Å². The normalized spacial score (nSPS) is 19.1. The molecular weight excluding hydrogens is 527 g/mol. The van der Waals surface area contributed by atoms with Crippen LogP contribution in [0.5, 0.6) is 17.2 Å². The van der Waals surface area contributed by atoms with Crippen LogP contribution in [0.2, 0.25) is 0 Å². The second-order valence-corrected chi connectivity index (χ2v) is 9.54. The minimum absolute atomic E-state index is 0. The Bertz CT molecular complexity index is 1160. The van der Waals surface area contributed by atoms with Gasteiger partial charge in [0.05, 0.1) is 13.0 Å². The highest BCUT2D eigenvalue weighted by Crippen LogP contribution is 2.34. The first-order valence-electron chi connectivity index (χ1n) is 13.1. The highest BCUT2D eigenvalue weighted by Gasteiger charge is 2.26. The molecule has 2 aromatic rings. The highest BCUT2D eigenvalue weighted by molar-refractivity contribution is 5.94. The molecule has 1 saturated heterocycles. The van der Waals surface area contributed by atoms with Gasteiger partial charge < -0.3 is 30.3 Å². The van der Waals surface area contributed by atoms with Crippen LogP contribution in [-0.2, 0) is 16.1 Å². The molecule has 1 unspecified atom stereocenters. The van der Waals surface area contributed by atoms with Crippen molar-refractivity contribution in [3.8, 4) is 17.2 Å². The summed E-state index contributed by atoms with van der Waals surface area (Å²) in [5.74, 6) is -0.179. The number of nitrogens with zero attached hydrogens (tertiary/aromatic N) is 1. The molecule has 0 aliphatic carbocycles. The SMILES string of the molecule is COc1cc2ccc1Oc1cccc(F)c1CNC(=O)CCCN(C(=O)C1CCCNC1)CCCNC2=O.Cl. The monoisotopic (exact) mass is 562 g/mol. The summed E-state index contributed by atoms with van der Waals surface area (Å²) in [7, 11) is 1.46. The second kappa shape index (κ2) is 14.7. The smallest absolute Gasteiger partial charge is 0.251 e. The summed E-state index contributed by atoms with van der Waals surface area (Å²) in [6, 6.07) is 9.19. The molecule has 1 atom stereocenters. The van der Waals surface area contributed by atoms with Crippen LogP contribution in [0.25, 0.3) is 0 Å². The van der Waals surface area contributed by atoms with Gasteiger partial charge in [0.25, 0.3) is 5.91 Å². The van der Waals surface area contributed by atoms with E-state index < -0.39 is 5.82 Å². The number of benzene rings is 2. The van der Waals surface area contributed by atoms with E-state index in [9.17, 15) is 18.8 Å². The molecule has 11 heteroatoms. The summed E-state index contributed by atoms with van der Waals surface area (Å²) < 4.78 is 26.1. The lowest BCUT2D eigenvalue weighted by Gasteiger charge is -2.30. The van der Waals surface area contributed by atoms with Crippen molar-refractivity contribution >= 4 is 30.1 Å². The third-order valence-corrected chi connectivity index (χ3v) is 6.86. The Kier molecular flexibility index (Phi) is 11.4. The summed E-state index contributed by atoms with van der Waals surface area (Å²) in [6.07, 6.45) is 3.04. The number of hydrogen-bond acceptors (Lipinski definition) is 6. The molecule has 9 nitrogen and oxygen atoms in total. The van der Waals surface area contributed by atoms with Crippen molar-refractivity contribution in [2.75, 3.05) is 39.8 Å². The lowest BCUT2D eigenvalue weighted by atomic mass is 9.98. The number of rotatable bonds is 2. The fourth-order valence-corrected chi connectivity index (χ4v) is 4.75. The van der Waals surface area contributed by atoms with Crippen LogP contribution in [0.1, 0.15) is 48.0 Å². The number of hydrogen-bond donors (Lipinski definition) is 3. The van der Waals surface area contributed by atoms with Gasteiger partial charge in [-0.2, -0.15) is 0 Å². The number of methoxy groups -OCH3 is 1. The maximum atomic E-state index is 14.7. The fourth-order valence-electron chi connectivity index (χ4n) is 4.75. The van der Waals surface area contributed by atoms with Crippen molar-refractivity contribution in [3.05, 3.63) is 53.3 Å². The van der Waals surface area contributed by atoms with Gasteiger partial charge in [-0.25, -0.2) is 4.39 Å². The molecule has 0 radical (unpaired) electrons. The zero-order valence-corrected chi connectivity index (χ0v) is 22.9. The number of carbonyl (C=O) groups is 3. The van der Waals surface area contributed by atoms with Crippen LogP contribution in [0.4, 0.5) is 4.39 Å². The summed E-state index contributed by atoms with van der Waals surface area (Å²) in [5.41, 5.74) is 0.587. The molecule has 5 rings (SSSR count). The maximum Gasteiger partial charge on any atom is 0.251 e. The molecular formula is C28H36ClFN4O5. The van der Waals surface area contributed by atoms with E-state index in [1.165, 1.54) is 19.2 Å². The highest BCUT2D eigenvalue weighted by atomic mass is 35.5. The van der Waals surface area contributed by atoms with Gasteiger partial charge in [-0.15, -0.1) is 12.4 Å². The first-order valence-corrected chi connectivity index (χ1v) is 13.1. The van der Waals surface area contributed by atoms with Crippen molar-refractivity contribution in [1.29, 1.82) is 0 Å². The first-order chi connectivity index (χ1) is 18.5. The zero-order chi connectivity index (χ0) is 26.9. The molecule has 0 aromatic heterocycles. The molecule has 2 aromatic carbocycles. The molecule has 3 amide bonds. The van der Waals surface area contributed by atoms with Crippen molar-refractivity contribution in [2.45, 2.75) is 38.6 Å². The van der Waals surface area contributed by atoms with Gasteiger partial charge in [-0.3, -0.25) is 14.4 Å². The quantitative estimate of drug-likeness (QED) is 0.518. The average Bonchev–Trinajstić information content (AvgIpc) is 2.93. The fraction of sp³-hybridized carbons (Fsp3) is 0.464. The van der Waals surface area contributed by atoms with E-state index in [0.29, 0.717) is 56.1 Å². The van der Waals surface area contributed by atoms with E-state index in [0.717, 1.165) is 19.4 Å². The van der Waals surface area contributed by atoms with Crippen LogP contribution < -0.4 is 25.4 Å². The summed E-state index contributed by atoms with van der Waals surface area (Å²) in [5, 5.41) is 8.95. The molecule has 1 fully saturated rings. The molecule has 3 aliphatic heterocycles. The number of carbonyl (C=O) groups excluding carboxylic acids is 3. The molecule has 212 valence electrons. The molecule has 0 spiro atoms. The largest absolute Gasteiger partial charge is 0.493 e. The van der Waals surface area contributed by atoms with Crippen LogP contribution in [0.3, 0.4) is 0 Å². The number of nitrogens with one attached hydrogen (secondary N) is 3. The standard InChI is InChI=1S/C28H35FN4O5.ClH/c1-37-25-16-19-10-11-24(25)38-23-8-2-7-22(29)21(23)18-32-26(34)9-4-14-33(15-5-13-31-27(19)35)28(36)20-6-3-12-30-17-20;/h2,7-8,10-11,16,20,30H,3-6,9,12-15,17-18H2,1H3,(H,31,35)(H,32,34);1H. The Morgan fingerprint density at radius 2 is 1.87 bits per heavy atom. The van der Waals surface area contributed by atoms with E-state index in [-0.39, 0.29) is 60.3 Å². The van der Waals surface area contributed by atoms with Crippen molar-refractivity contribution in [3.63, 3.8) is 0 Å². The van der Waals surface area contributed by atoms with Gasteiger partial charge in [-0.05, 0) is 62.6 Å². The second-order valence-electron chi connectivity index (χ2n) is 9.54. The topological polar surface area (TPSA) is 109 Å². The van der Waals surface area contributed by atoms with E-state index in [1.807, 2.05) is 0 Å². The Morgan fingerprint density at radius 3 is 2.64 bits per heavy atom. The third kappa shape index (κ3) is 8.06. The van der Waals surface area contributed by atoms with Gasteiger partial charge in [0.2, 0.25) is 11.8 Å². The van der Waals surface area contributed by atoms with Crippen LogP contribution >= 0.6 is 12.4 Å². The molecule has 3 N–H and O–H groups in total. The molecule has 39 heavy (non-hydrogen) atoms. The third-order valence-electron chi connectivity index (χ3n) is 6.86. The van der Waals surface area contributed by atoms with E-state index >= 15 is 0 Å². The zero-order valence-electron chi connectivity index (χ0n) is 22.1. The van der Waals surface area contributed by atoms with Crippen molar-refractivity contribution < 1.29 is 28.2 Å². The lowest BCUT2D eigenvalue weighted by molar-refractivity contribution is -0.136. The minimum Gasteiger partial charge on any atom is -0.493 e. The summed E-state index contributed by atoms with van der Waals surface area (Å²) >= 11 is 0. The van der Waals surface area contributed by atoms with Crippen molar-refractivity contribution in [1.82, 2.24) is 20.9 Å². The Balaban J connectivity index is 0.00000420. The van der Waals surface area contributed by atoms with Gasteiger partial charge in [0.15, 0.2) is 11.5 Å². The predicted octanol–water partition coefficient (Wildman–Crippen LogP) is 3.41. The van der Waals surface area contributed by atoms with Crippen LogP contribution in [0, 0.1) is 11.7 Å². The summed E-state index contributed by atoms with van der Waals surface area (Å²) in [4.78, 5) is 40.4. The molecule has 0 saturated carbocycles. The number of amides is 3. The number of halogens is 2. The molecule has 3 heterocycles. The first kappa shape index (κ1) is 30.2. The number of fused-ring (bicyclic) bond motifs is 13. The average molecular weight is 563 g/mol. The van der Waals surface area contributed by atoms with E-state index in [4.69, 9.17) is 9.47 Å². The maximum absolute atomic E-state index is 14.7. The summed E-state index contributed by atoms with van der Waals surface area (Å²) in [6.45, 7) is 2.81. The molecule has 2 bridgehead atoms. The van der Waals surface area contributed by atoms with E-state index in [1.54, 1.807) is 29.2 Å². The predicted molar refractivity (Wildman–Crippen MR) is 147 cm³/mol. The van der Waals surface area contributed by atoms with Gasteiger partial charge in [0.1, 0.15) is 11.6 Å². The Morgan fingerprint density at radius 1 is 1.05 bits per heavy atom.